The van der Waals surface area contributed by atoms with Crippen LogP contribution in [0.3, 0.4) is 0 Å². The van der Waals surface area contributed by atoms with Crippen molar-refractivity contribution in [1.29, 1.82) is 0 Å². The van der Waals surface area contributed by atoms with Crippen molar-refractivity contribution in [2.75, 3.05) is 40.1 Å². The first-order valence-corrected chi connectivity index (χ1v) is 7.30. The maximum atomic E-state index is 5.68. The van der Waals surface area contributed by atoms with E-state index in [4.69, 9.17) is 14.2 Å². The molecule has 4 nitrogen and oxygen atoms in total. The fourth-order valence-electron chi connectivity index (χ4n) is 1.87. The molecular weight excluding hydrogens is 254 g/mol. The van der Waals surface area contributed by atoms with Gasteiger partial charge < -0.3 is 19.5 Å². The van der Waals surface area contributed by atoms with Crippen molar-refractivity contribution in [2.45, 2.75) is 26.3 Å². The van der Waals surface area contributed by atoms with E-state index in [0.717, 1.165) is 18.7 Å². The van der Waals surface area contributed by atoms with E-state index in [2.05, 4.69) is 31.3 Å². The molecule has 1 N–H and O–H groups in total. The van der Waals surface area contributed by atoms with E-state index in [9.17, 15) is 0 Å². The van der Waals surface area contributed by atoms with Crippen molar-refractivity contribution in [3.8, 4) is 5.75 Å². The van der Waals surface area contributed by atoms with Gasteiger partial charge in [-0.2, -0.15) is 0 Å². The van der Waals surface area contributed by atoms with Crippen LogP contribution >= 0.6 is 0 Å². The molecule has 1 rings (SSSR count). The summed E-state index contributed by atoms with van der Waals surface area (Å²) >= 11 is 0. The monoisotopic (exact) mass is 281 g/mol. The maximum absolute atomic E-state index is 5.68. The fraction of sp³-hybridized carbons (Fsp3) is 0.625. The Balaban J connectivity index is 2.18. The van der Waals surface area contributed by atoms with Crippen LogP contribution in [0.1, 0.15) is 31.9 Å². The van der Waals surface area contributed by atoms with Crippen molar-refractivity contribution < 1.29 is 14.2 Å². The number of nitrogens with one attached hydrogen (secondary N) is 1. The van der Waals surface area contributed by atoms with E-state index in [1.807, 2.05) is 12.1 Å². The normalized spacial score (nSPS) is 12.3. The molecule has 0 radical (unpaired) electrons. The molecule has 0 aromatic heterocycles. The third-order valence-corrected chi connectivity index (χ3v) is 3.02. The first-order valence-electron chi connectivity index (χ1n) is 7.30. The first-order chi connectivity index (χ1) is 9.77. The molecule has 1 aromatic carbocycles. The van der Waals surface area contributed by atoms with Gasteiger partial charge in [0.25, 0.3) is 0 Å². The molecule has 114 valence electrons. The SMILES string of the molecule is CCNC(C)c1ccc(OCCCOCCOC)cc1. The lowest BCUT2D eigenvalue weighted by molar-refractivity contribution is 0.0644. The van der Waals surface area contributed by atoms with Crippen LogP contribution in [-0.4, -0.2) is 40.1 Å². The lowest BCUT2D eigenvalue weighted by Gasteiger charge is -2.13. The van der Waals surface area contributed by atoms with Gasteiger partial charge >= 0.3 is 0 Å². The largest absolute Gasteiger partial charge is 0.494 e. The van der Waals surface area contributed by atoms with Crippen molar-refractivity contribution in [3.05, 3.63) is 29.8 Å². The fourth-order valence-corrected chi connectivity index (χ4v) is 1.87. The quantitative estimate of drug-likeness (QED) is 0.633. The standard InChI is InChI=1S/C16H27NO3/c1-4-17-14(2)15-6-8-16(9-7-15)20-11-5-10-19-13-12-18-3/h6-9,14,17H,4-5,10-13H2,1-3H3. The Kier molecular flexibility index (Phi) is 9.04. The van der Waals surface area contributed by atoms with Crippen LogP contribution in [0.15, 0.2) is 24.3 Å². The highest BCUT2D eigenvalue weighted by Crippen LogP contribution is 2.17. The molecular formula is C16H27NO3. The zero-order valence-corrected chi connectivity index (χ0v) is 12.9. The third kappa shape index (κ3) is 6.89. The number of hydrogen-bond acceptors (Lipinski definition) is 4. The van der Waals surface area contributed by atoms with Crippen LogP contribution in [0.5, 0.6) is 5.75 Å². The van der Waals surface area contributed by atoms with Crippen molar-refractivity contribution in [3.63, 3.8) is 0 Å². The van der Waals surface area contributed by atoms with E-state index in [-0.39, 0.29) is 0 Å². The molecule has 1 unspecified atom stereocenters. The summed E-state index contributed by atoms with van der Waals surface area (Å²) in [7, 11) is 1.67. The molecule has 0 aliphatic rings. The summed E-state index contributed by atoms with van der Waals surface area (Å²) < 4.78 is 16.0. The summed E-state index contributed by atoms with van der Waals surface area (Å²) in [5, 5.41) is 3.39. The smallest absolute Gasteiger partial charge is 0.119 e. The van der Waals surface area contributed by atoms with Crippen LogP contribution in [0, 0.1) is 0 Å². The number of methoxy groups -OCH3 is 1. The molecule has 0 saturated carbocycles. The lowest BCUT2D eigenvalue weighted by Crippen LogP contribution is -2.17. The van der Waals surface area contributed by atoms with E-state index < -0.39 is 0 Å². The third-order valence-electron chi connectivity index (χ3n) is 3.02. The second-order valence-corrected chi connectivity index (χ2v) is 4.66. The molecule has 1 aromatic rings. The Morgan fingerprint density at radius 2 is 1.80 bits per heavy atom. The van der Waals surface area contributed by atoms with Crippen LogP contribution in [-0.2, 0) is 9.47 Å². The highest BCUT2D eigenvalue weighted by Gasteiger charge is 2.03. The lowest BCUT2D eigenvalue weighted by atomic mass is 10.1. The molecule has 0 fully saturated rings. The van der Waals surface area contributed by atoms with Crippen molar-refractivity contribution >= 4 is 0 Å². The first kappa shape index (κ1) is 17.0. The highest BCUT2D eigenvalue weighted by molar-refractivity contribution is 5.28. The van der Waals surface area contributed by atoms with Gasteiger partial charge in [0.1, 0.15) is 5.75 Å². The summed E-state index contributed by atoms with van der Waals surface area (Å²) in [5.74, 6) is 0.911. The van der Waals surface area contributed by atoms with Gasteiger partial charge in [-0.1, -0.05) is 19.1 Å². The molecule has 0 aliphatic carbocycles. The van der Waals surface area contributed by atoms with Crippen molar-refractivity contribution in [2.24, 2.45) is 0 Å². The number of hydrogen-bond donors (Lipinski definition) is 1. The minimum Gasteiger partial charge on any atom is -0.494 e. The molecule has 0 amide bonds. The van der Waals surface area contributed by atoms with Gasteiger partial charge in [-0.3, -0.25) is 0 Å². The van der Waals surface area contributed by atoms with Gasteiger partial charge in [0.05, 0.1) is 19.8 Å². The molecule has 0 aliphatic heterocycles. The Labute approximate surface area is 122 Å². The predicted octanol–water partition coefficient (Wildman–Crippen LogP) is 2.79. The van der Waals surface area contributed by atoms with Gasteiger partial charge in [0.2, 0.25) is 0 Å². The number of ether oxygens (including phenoxy) is 3. The Bertz CT molecular complexity index is 340. The minimum absolute atomic E-state index is 0.378. The molecule has 0 saturated heterocycles. The van der Waals surface area contributed by atoms with E-state index in [1.54, 1.807) is 7.11 Å². The summed E-state index contributed by atoms with van der Waals surface area (Å²) in [6.45, 7) is 7.93. The predicted molar refractivity (Wildman–Crippen MR) is 81.3 cm³/mol. The van der Waals surface area contributed by atoms with Gasteiger partial charge in [-0.05, 0) is 31.2 Å². The molecule has 0 heterocycles. The zero-order chi connectivity index (χ0) is 14.6. The minimum atomic E-state index is 0.378. The molecule has 0 spiro atoms. The Morgan fingerprint density at radius 3 is 2.45 bits per heavy atom. The van der Waals surface area contributed by atoms with Gasteiger partial charge in [0.15, 0.2) is 0 Å². The van der Waals surface area contributed by atoms with E-state index in [0.29, 0.717) is 32.5 Å². The zero-order valence-electron chi connectivity index (χ0n) is 12.9. The average molecular weight is 281 g/mol. The van der Waals surface area contributed by atoms with E-state index in [1.165, 1.54) is 5.56 Å². The molecule has 1 atom stereocenters. The van der Waals surface area contributed by atoms with Crippen LogP contribution in [0.4, 0.5) is 0 Å². The second-order valence-electron chi connectivity index (χ2n) is 4.66. The average Bonchev–Trinajstić information content (AvgIpc) is 2.47. The summed E-state index contributed by atoms with van der Waals surface area (Å²) in [4.78, 5) is 0. The Hall–Kier alpha value is -1.10. The van der Waals surface area contributed by atoms with E-state index >= 15 is 0 Å². The van der Waals surface area contributed by atoms with Gasteiger partial charge in [0, 0.05) is 26.2 Å². The topological polar surface area (TPSA) is 39.7 Å². The van der Waals surface area contributed by atoms with Gasteiger partial charge in [-0.15, -0.1) is 0 Å². The summed E-state index contributed by atoms with van der Waals surface area (Å²) in [5.41, 5.74) is 1.28. The van der Waals surface area contributed by atoms with Crippen LogP contribution in [0.25, 0.3) is 0 Å². The molecule has 20 heavy (non-hydrogen) atoms. The second kappa shape index (κ2) is 10.7. The summed E-state index contributed by atoms with van der Waals surface area (Å²) in [6, 6.07) is 8.64. The van der Waals surface area contributed by atoms with Crippen LogP contribution in [0.2, 0.25) is 0 Å². The van der Waals surface area contributed by atoms with Gasteiger partial charge in [-0.25, -0.2) is 0 Å². The number of benzene rings is 1. The number of rotatable bonds is 11. The van der Waals surface area contributed by atoms with Crippen LogP contribution < -0.4 is 10.1 Å². The molecule has 0 bridgehead atoms. The highest BCUT2D eigenvalue weighted by atomic mass is 16.5. The van der Waals surface area contributed by atoms with Crippen molar-refractivity contribution in [1.82, 2.24) is 5.32 Å². The summed E-state index contributed by atoms with van der Waals surface area (Å²) in [6.07, 6.45) is 0.888. The Morgan fingerprint density at radius 1 is 1.05 bits per heavy atom. The molecule has 4 heteroatoms. The maximum Gasteiger partial charge on any atom is 0.119 e.